The number of aromatic nitrogens is 9. The molecule has 6 aromatic heterocycles. The molecule has 0 spiro atoms. The number of aliphatic hydroxyl groups excluding tert-OH is 2. The molecule has 98 heavy (non-hydrogen) atoms. The van der Waals surface area contributed by atoms with E-state index < -0.39 is 65.1 Å². The number of carbonyl (C=O) groups is 3. The van der Waals surface area contributed by atoms with Gasteiger partial charge in [0.25, 0.3) is 17.7 Å². The first-order chi connectivity index (χ1) is 46.3. The van der Waals surface area contributed by atoms with Crippen molar-refractivity contribution in [1.82, 2.24) is 58.6 Å². The van der Waals surface area contributed by atoms with Crippen LogP contribution in [0.3, 0.4) is 0 Å². The molecule has 1 saturated heterocycles. The van der Waals surface area contributed by atoms with Crippen molar-refractivity contribution in [3.05, 3.63) is 156 Å². The molecule has 0 bridgehead atoms. The average molecular weight is 1420 g/mol. The third-order valence-electron chi connectivity index (χ3n) is 16.1. The van der Waals surface area contributed by atoms with Gasteiger partial charge in [-0.15, -0.1) is 0 Å². The zero-order valence-electron chi connectivity index (χ0n) is 57.0. The van der Waals surface area contributed by atoms with Gasteiger partial charge in [0.2, 0.25) is 0 Å². The maximum atomic E-state index is 15.4. The molecule has 4 unspecified atom stereocenters. The van der Waals surface area contributed by atoms with Crippen LogP contribution in [0.15, 0.2) is 55.4 Å². The van der Waals surface area contributed by atoms with Crippen molar-refractivity contribution in [2.24, 2.45) is 0 Å². The van der Waals surface area contributed by atoms with Crippen molar-refractivity contribution in [2.75, 3.05) is 57.1 Å². The maximum absolute atomic E-state index is 15.4. The van der Waals surface area contributed by atoms with Crippen molar-refractivity contribution < 1.29 is 56.7 Å². The Bertz CT molecular complexity index is 4420. The van der Waals surface area contributed by atoms with E-state index in [1.807, 2.05) is 68.6 Å². The number of hydrogen-bond acceptors (Lipinski definition) is 18. The van der Waals surface area contributed by atoms with Gasteiger partial charge in [0, 0.05) is 105 Å². The van der Waals surface area contributed by atoms with Crippen molar-refractivity contribution in [2.45, 2.75) is 151 Å². The molecule has 0 saturated carbocycles. The van der Waals surface area contributed by atoms with Crippen molar-refractivity contribution >= 4 is 86.5 Å². The number of methoxy groups -OCH3 is 1. The lowest BCUT2D eigenvalue weighted by Crippen LogP contribution is -2.40. The molecular weight excluding hydrogens is 1330 g/mol. The van der Waals surface area contributed by atoms with E-state index in [0.717, 1.165) is 0 Å². The van der Waals surface area contributed by atoms with Crippen LogP contribution in [-0.4, -0.2) is 146 Å². The molecule has 7 heterocycles. The summed E-state index contributed by atoms with van der Waals surface area (Å²) in [7, 11) is 1.51. The third-order valence-corrected chi connectivity index (χ3v) is 17.0. The number of carbonyl (C=O) groups excluding carboxylic acids is 3. The minimum Gasteiger partial charge on any atom is -0.490 e. The number of ether oxygens (including phenoxy) is 4. The second-order valence-corrected chi connectivity index (χ2v) is 25.9. The van der Waals surface area contributed by atoms with Crippen molar-refractivity contribution in [3.63, 3.8) is 0 Å². The summed E-state index contributed by atoms with van der Waals surface area (Å²) < 4.78 is 73.9. The number of anilines is 3. The Balaban J connectivity index is 0.000000188. The Kier molecular flexibility index (Phi) is 24.4. The second-order valence-electron chi connectivity index (χ2n) is 24.7. The molecule has 1 aliphatic rings. The molecule has 3 amide bonds. The zero-order chi connectivity index (χ0) is 72.0. The molecule has 1 aliphatic heterocycles. The molecule has 526 valence electrons. The summed E-state index contributed by atoms with van der Waals surface area (Å²) in [4.78, 5) is 67.1. The normalized spacial score (nSPS) is 13.9. The van der Waals surface area contributed by atoms with Gasteiger partial charge in [-0.05, 0) is 100 Å². The fourth-order valence-electron chi connectivity index (χ4n) is 11.6. The van der Waals surface area contributed by atoms with Gasteiger partial charge in [0.1, 0.15) is 85.4 Å². The highest BCUT2D eigenvalue weighted by molar-refractivity contribution is 6.32. The van der Waals surface area contributed by atoms with Crippen LogP contribution < -0.4 is 42.0 Å². The highest BCUT2D eigenvalue weighted by Crippen LogP contribution is 2.44. The number of aliphatic hydroxyl groups is 2. The van der Waals surface area contributed by atoms with Crippen LogP contribution in [0.4, 0.5) is 30.6 Å². The number of rotatable bonds is 20. The Morgan fingerprint density at radius 3 is 1.22 bits per heavy atom. The molecule has 0 radical (unpaired) electrons. The molecule has 30 heteroatoms. The summed E-state index contributed by atoms with van der Waals surface area (Å²) in [6, 6.07) is 4.43. The lowest BCUT2D eigenvalue weighted by molar-refractivity contribution is 0.0537. The summed E-state index contributed by atoms with van der Waals surface area (Å²) in [5, 5.41) is 23.9. The lowest BCUT2D eigenvalue weighted by Gasteiger charge is -2.31. The van der Waals surface area contributed by atoms with E-state index in [4.69, 9.17) is 75.9 Å². The smallest absolute Gasteiger partial charge is 0.260 e. The molecule has 24 nitrogen and oxygen atoms in total. The van der Waals surface area contributed by atoms with E-state index >= 15 is 13.2 Å². The minimum absolute atomic E-state index is 0.0485. The van der Waals surface area contributed by atoms with E-state index in [1.54, 1.807) is 64.9 Å². The summed E-state index contributed by atoms with van der Waals surface area (Å²) in [6.07, 6.45) is 8.62. The topological polar surface area (TPSA) is 325 Å². The fraction of sp³-hybridized carbons (Fsp3) is 0.426. The standard InChI is InChI=1S/C24H29ClFN5O3.2C22H27ClFN5O3/c1-12(2)34-21-16(13(3)23-29-14(4)20-22(27)28-7-10-31(20)23)11-17(25)19(26)18(21)24(33)30-8-5-15(32)6-9-30;1-11(2)32-19-14(10-15(23)17(24)16(19)22(30)27-7-9-31-5)12(3)21-28-13(4)18-20(25)26-6-8-29(18)21;1-10(2)32-19-14(8-15(23)17(24)16(19)22(31)27-9-11(3)30)12(4)21-28-13(5)18-20(25)26-6-7-29(18)21/h7,10-13,15,32H,5-6,8-9H2,1-4H3,(H2,27,28);6,8,10-12H,7,9H2,1-5H3,(H2,25,26)(H,27,30);6-8,10-12,30H,9H2,1-5H3,(H2,25,26)(H,27,31). The first-order valence-corrected chi connectivity index (χ1v) is 33.0. The fourth-order valence-corrected chi connectivity index (χ4v) is 12.2. The minimum atomic E-state index is -0.890. The van der Waals surface area contributed by atoms with E-state index in [-0.39, 0.29) is 87.0 Å². The summed E-state index contributed by atoms with van der Waals surface area (Å²) in [5.74, 6) is -2.40. The van der Waals surface area contributed by atoms with Gasteiger partial charge in [-0.1, -0.05) is 55.6 Å². The number of benzene rings is 3. The largest absolute Gasteiger partial charge is 0.490 e. The predicted molar refractivity (Wildman–Crippen MR) is 370 cm³/mol. The summed E-state index contributed by atoms with van der Waals surface area (Å²) in [6.45, 7) is 24.5. The predicted octanol–water partition coefficient (Wildman–Crippen LogP) is 11.1. The first-order valence-electron chi connectivity index (χ1n) is 31.8. The van der Waals surface area contributed by atoms with Crippen molar-refractivity contribution in [1.29, 1.82) is 0 Å². The Labute approximate surface area is 580 Å². The second kappa shape index (κ2) is 31.9. The van der Waals surface area contributed by atoms with Crippen molar-refractivity contribution in [3.8, 4) is 17.2 Å². The van der Waals surface area contributed by atoms with E-state index in [0.29, 0.717) is 111 Å². The number of imidazole rings is 3. The van der Waals surface area contributed by atoms with E-state index in [2.05, 4.69) is 35.6 Å². The van der Waals surface area contributed by atoms with Gasteiger partial charge in [-0.3, -0.25) is 27.6 Å². The van der Waals surface area contributed by atoms with Crippen LogP contribution in [0.25, 0.3) is 16.6 Å². The number of fused-ring (bicyclic) bond motifs is 3. The average Bonchev–Trinajstić information content (AvgIpc) is 1.44. The SMILES string of the molecule is COCCNC(=O)c1c(F)c(Cl)cc(C(C)c2nc(C)c3c(N)nccn23)c1OC(C)C.Cc1nc(C(C)c2cc(Cl)c(F)c(C(=O)N3CCC(O)CC3)c2OC(C)C)n2ccnc(N)c12.Cc1nc(C(C)c2cc(Cl)c(F)c(C(=O)NCC(C)O)c2OC(C)C)n2ccnc(N)c12. The van der Waals surface area contributed by atoms with E-state index in [9.17, 15) is 24.6 Å². The highest BCUT2D eigenvalue weighted by atomic mass is 35.5. The number of nitrogens with two attached hydrogens (primary N) is 3. The van der Waals surface area contributed by atoms with Gasteiger partial charge in [0.15, 0.2) is 17.5 Å². The summed E-state index contributed by atoms with van der Waals surface area (Å²) in [5.41, 5.74) is 23.1. The maximum Gasteiger partial charge on any atom is 0.260 e. The quantitative estimate of drug-likeness (QED) is 0.0349. The monoisotopic (exact) mass is 1420 g/mol. The van der Waals surface area contributed by atoms with Crippen LogP contribution in [-0.2, 0) is 4.74 Å². The molecule has 10 N–H and O–H groups in total. The summed E-state index contributed by atoms with van der Waals surface area (Å²) >= 11 is 18.7. The van der Waals surface area contributed by atoms with Crippen LogP contribution in [0.2, 0.25) is 15.1 Å². The van der Waals surface area contributed by atoms with Gasteiger partial charge < -0.3 is 61.9 Å². The molecule has 0 aliphatic carbocycles. The number of aryl methyl sites for hydroxylation is 3. The Hall–Kier alpha value is -8.73. The van der Waals surface area contributed by atoms with Gasteiger partial charge in [-0.2, -0.15) is 0 Å². The lowest BCUT2D eigenvalue weighted by atomic mass is 9.95. The van der Waals surface area contributed by atoms with E-state index in [1.165, 1.54) is 37.1 Å². The Morgan fingerprint density at radius 2 is 0.898 bits per heavy atom. The first kappa shape index (κ1) is 75.0. The molecular formula is C68H83Cl3F3N15O9. The number of hydrogen-bond donors (Lipinski definition) is 7. The highest BCUT2D eigenvalue weighted by Gasteiger charge is 2.36. The number of likely N-dealkylation sites (tertiary alicyclic amines) is 1. The van der Waals surface area contributed by atoms with Gasteiger partial charge >= 0.3 is 0 Å². The molecule has 1 fully saturated rings. The van der Waals surface area contributed by atoms with Crippen LogP contribution in [0.5, 0.6) is 17.2 Å². The number of nitrogens with zero attached hydrogens (tertiary/aromatic N) is 10. The molecule has 10 rings (SSSR count). The number of amides is 3. The number of nitrogen functional groups attached to an aromatic ring is 3. The van der Waals surface area contributed by atoms with Gasteiger partial charge in [-0.25, -0.2) is 43.1 Å². The number of halogens is 6. The van der Waals surface area contributed by atoms with Crippen LogP contribution >= 0.6 is 34.8 Å². The molecule has 9 aromatic rings. The number of nitrogens with one attached hydrogen (secondary N) is 2. The zero-order valence-corrected chi connectivity index (χ0v) is 59.3. The molecule has 3 aromatic carbocycles. The van der Waals surface area contributed by atoms with Gasteiger partial charge in [0.05, 0.1) is 69.3 Å². The molecule has 4 atom stereocenters. The van der Waals surface area contributed by atoms with Crippen LogP contribution in [0.1, 0.15) is 182 Å². The third kappa shape index (κ3) is 16.0. The Morgan fingerprint density at radius 1 is 0.571 bits per heavy atom. The van der Waals surface area contributed by atoms with Crippen LogP contribution in [0, 0.1) is 38.2 Å². The number of piperidine rings is 1.